The molecule has 1 saturated carbocycles. The fourth-order valence-corrected chi connectivity index (χ4v) is 2.09. The molecular weight excluding hydrogens is 198 g/mol. The van der Waals surface area contributed by atoms with Crippen molar-refractivity contribution in [1.29, 1.82) is 0 Å². The standard InChI is InChI=1S/C14H21NO/c1-11-5-3-4-6-13(11)9-15-14(10-16-2)12-7-8-12/h3-6,12,14-15H,7-10H2,1-2H3. The first-order valence-corrected chi connectivity index (χ1v) is 6.08. The Morgan fingerprint density at radius 3 is 2.75 bits per heavy atom. The number of hydrogen-bond donors (Lipinski definition) is 1. The second kappa shape index (κ2) is 5.46. The van der Waals surface area contributed by atoms with E-state index < -0.39 is 0 Å². The lowest BCUT2D eigenvalue weighted by Crippen LogP contribution is -2.34. The molecule has 1 fully saturated rings. The molecule has 0 bridgehead atoms. The molecule has 2 heteroatoms. The van der Waals surface area contributed by atoms with E-state index in [-0.39, 0.29) is 0 Å². The summed E-state index contributed by atoms with van der Waals surface area (Å²) >= 11 is 0. The molecule has 0 heterocycles. The van der Waals surface area contributed by atoms with Crippen LogP contribution in [0, 0.1) is 12.8 Å². The molecule has 0 saturated heterocycles. The van der Waals surface area contributed by atoms with Crippen LogP contribution in [0.4, 0.5) is 0 Å². The fraction of sp³-hybridized carbons (Fsp3) is 0.571. The van der Waals surface area contributed by atoms with E-state index in [0.29, 0.717) is 6.04 Å². The molecule has 1 N–H and O–H groups in total. The van der Waals surface area contributed by atoms with E-state index in [1.54, 1.807) is 7.11 Å². The Balaban J connectivity index is 1.87. The number of nitrogens with one attached hydrogen (secondary N) is 1. The van der Waals surface area contributed by atoms with Gasteiger partial charge in [0.2, 0.25) is 0 Å². The van der Waals surface area contributed by atoms with Crippen molar-refractivity contribution in [3.8, 4) is 0 Å². The van der Waals surface area contributed by atoms with Gasteiger partial charge in [0.25, 0.3) is 0 Å². The van der Waals surface area contributed by atoms with Crippen molar-refractivity contribution in [2.24, 2.45) is 5.92 Å². The van der Waals surface area contributed by atoms with Gasteiger partial charge in [-0.25, -0.2) is 0 Å². The van der Waals surface area contributed by atoms with Crippen LogP contribution in [0.3, 0.4) is 0 Å². The summed E-state index contributed by atoms with van der Waals surface area (Å²) in [5, 5.41) is 3.61. The fourth-order valence-electron chi connectivity index (χ4n) is 2.09. The average Bonchev–Trinajstić information content (AvgIpc) is 3.10. The molecule has 88 valence electrons. The Labute approximate surface area is 98.0 Å². The average molecular weight is 219 g/mol. The monoisotopic (exact) mass is 219 g/mol. The largest absolute Gasteiger partial charge is 0.383 e. The Kier molecular flexibility index (Phi) is 3.97. The Morgan fingerprint density at radius 2 is 2.12 bits per heavy atom. The lowest BCUT2D eigenvalue weighted by molar-refractivity contribution is 0.157. The molecule has 1 aliphatic carbocycles. The van der Waals surface area contributed by atoms with Crippen LogP contribution in [0.2, 0.25) is 0 Å². The third kappa shape index (κ3) is 3.06. The smallest absolute Gasteiger partial charge is 0.0618 e. The molecule has 0 radical (unpaired) electrons. The van der Waals surface area contributed by atoms with Gasteiger partial charge in [0.15, 0.2) is 0 Å². The molecule has 2 rings (SSSR count). The van der Waals surface area contributed by atoms with Gasteiger partial charge in [-0.15, -0.1) is 0 Å². The van der Waals surface area contributed by atoms with E-state index in [2.05, 4.69) is 36.5 Å². The maximum Gasteiger partial charge on any atom is 0.0618 e. The number of benzene rings is 1. The molecule has 0 aromatic heterocycles. The van der Waals surface area contributed by atoms with Crippen molar-refractivity contribution < 1.29 is 4.74 Å². The first kappa shape index (κ1) is 11.6. The summed E-state index contributed by atoms with van der Waals surface area (Å²) in [6, 6.07) is 9.09. The highest BCUT2D eigenvalue weighted by molar-refractivity contribution is 5.25. The number of ether oxygens (including phenoxy) is 1. The van der Waals surface area contributed by atoms with E-state index in [1.807, 2.05) is 0 Å². The second-order valence-corrected chi connectivity index (χ2v) is 4.71. The van der Waals surface area contributed by atoms with E-state index in [9.17, 15) is 0 Å². The highest BCUT2D eigenvalue weighted by Gasteiger charge is 2.30. The van der Waals surface area contributed by atoms with Crippen LogP contribution in [-0.4, -0.2) is 19.8 Å². The SMILES string of the molecule is COCC(NCc1ccccc1C)C1CC1. The van der Waals surface area contributed by atoms with Crippen LogP contribution in [0.5, 0.6) is 0 Å². The quantitative estimate of drug-likeness (QED) is 0.793. The summed E-state index contributed by atoms with van der Waals surface area (Å²) in [7, 11) is 1.78. The lowest BCUT2D eigenvalue weighted by atomic mass is 10.1. The molecule has 1 atom stereocenters. The number of methoxy groups -OCH3 is 1. The van der Waals surface area contributed by atoms with E-state index in [4.69, 9.17) is 4.74 Å². The van der Waals surface area contributed by atoms with Crippen molar-refractivity contribution in [3.05, 3.63) is 35.4 Å². The van der Waals surface area contributed by atoms with E-state index in [1.165, 1.54) is 24.0 Å². The van der Waals surface area contributed by atoms with Crippen molar-refractivity contribution in [1.82, 2.24) is 5.32 Å². The van der Waals surface area contributed by atoms with Gasteiger partial charge in [0, 0.05) is 19.7 Å². The maximum atomic E-state index is 5.26. The van der Waals surface area contributed by atoms with Crippen LogP contribution < -0.4 is 5.32 Å². The maximum absolute atomic E-state index is 5.26. The Hall–Kier alpha value is -0.860. The summed E-state index contributed by atoms with van der Waals surface area (Å²) < 4.78 is 5.26. The van der Waals surface area contributed by atoms with Gasteiger partial charge >= 0.3 is 0 Å². The predicted octanol–water partition coefficient (Wildman–Crippen LogP) is 2.51. The zero-order chi connectivity index (χ0) is 11.4. The van der Waals surface area contributed by atoms with Gasteiger partial charge < -0.3 is 10.1 Å². The van der Waals surface area contributed by atoms with Gasteiger partial charge in [-0.3, -0.25) is 0 Å². The third-order valence-electron chi connectivity index (χ3n) is 3.35. The lowest BCUT2D eigenvalue weighted by Gasteiger charge is -2.18. The zero-order valence-corrected chi connectivity index (χ0v) is 10.2. The van der Waals surface area contributed by atoms with Crippen LogP contribution >= 0.6 is 0 Å². The summed E-state index contributed by atoms with van der Waals surface area (Å²) in [4.78, 5) is 0. The first-order chi connectivity index (χ1) is 7.81. The Morgan fingerprint density at radius 1 is 1.38 bits per heavy atom. The minimum absolute atomic E-state index is 0.532. The van der Waals surface area contributed by atoms with E-state index >= 15 is 0 Å². The molecule has 0 amide bonds. The van der Waals surface area contributed by atoms with Crippen molar-refractivity contribution in [3.63, 3.8) is 0 Å². The highest BCUT2D eigenvalue weighted by Crippen LogP contribution is 2.32. The first-order valence-electron chi connectivity index (χ1n) is 6.08. The third-order valence-corrected chi connectivity index (χ3v) is 3.35. The van der Waals surface area contributed by atoms with Crippen LogP contribution in [0.1, 0.15) is 24.0 Å². The van der Waals surface area contributed by atoms with Gasteiger partial charge in [0.05, 0.1) is 6.61 Å². The zero-order valence-electron chi connectivity index (χ0n) is 10.2. The molecule has 1 aromatic rings. The summed E-state index contributed by atoms with van der Waals surface area (Å²) in [6.45, 7) is 3.95. The van der Waals surface area contributed by atoms with Gasteiger partial charge in [-0.05, 0) is 36.8 Å². The number of rotatable bonds is 6. The van der Waals surface area contributed by atoms with Crippen molar-refractivity contribution in [2.45, 2.75) is 32.4 Å². The summed E-state index contributed by atoms with van der Waals surface area (Å²) in [5.41, 5.74) is 2.76. The highest BCUT2D eigenvalue weighted by atomic mass is 16.5. The minimum Gasteiger partial charge on any atom is -0.383 e. The molecule has 0 aliphatic heterocycles. The topological polar surface area (TPSA) is 21.3 Å². The van der Waals surface area contributed by atoms with Crippen molar-refractivity contribution >= 4 is 0 Å². The number of hydrogen-bond acceptors (Lipinski definition) is 2. The molecule has 1 aromatic carbocycles. The van der Waals surface area contributed by atoms with Gasteiger partial charge in [0.1, 0.15) is 0 Å². The molecule has 1 unspecified atom stereocenters. The molecule has 0 spiro atoms. The second-order valence-electron chi connectivity index (χ2n) is 4.71. The predicted molar refractivity (Wildman–Crippen MR) is 66.4 cm³/mol. The Bertz CT molecular complexity index is 333. The van der Waals surface area contributed by atoms with Gasteiger partial charge in [-0.2, -0.15) is 0 Å². The van der Waals surface area contributed by atoms with Crippen LogP contribution in [-0.2, 0) is 11.3 Å². The van der Waals surface area contributed by atoms with Crippen LogP contribution in [0.25, 0.3) is 0 Å². The van der Waals surface area contributed by atoms with Gasteiger partial charge in [-0.1, -0.05) is 24.3 Å². The van der Waals surface area contributed by atoms with E-state index in [0.717, 1.165) is 19.1 Å². The minimum atomic E-state index is 0.532. The summed E-state index contributed by atoms with van der Waals surface area (Å²) in [6.07, 6.45) is 2.71. The molecule has 16 heavy (non-hydrogen) atoms. The molecule has 1 aliphatic rings. The van der Waals surface area contributed by atoms with Crippen molar-refractivity contribution in [2.75, 3.05) is 13.7 Å². The number of aryl methyl sites for hydroxylation is 1. The van der Waals surface area contributed by atoms with Crippen LogP contribution in [0.15, 0.2) is 24.3 Å². The molecule has 2 nitrogen and oxygen atoms in total. The normalized spacial score (nSPS) is 17.4. The molecular formula is C14H21NO. The summed E-state index contributed by atoms with van der Waals surface area (Å²) in [5.74, 6) is 0.837.